The van der Waals surface area contributed by atoms with Crippen molar-refractivity contribution in [3.63, 3.8) is 0 Å². The summed E-state index contributed by atoms with van der Waals surface area (Å²) < 4.78 is 12.9. The molecule has 1 fully saturated rings. The van der Waals surface area contributed by atoms with Crippen LogP contribution in [-0.4, -0.2) is 38.8 Å². The third-order valence-electron chi connectivity index (χ3n) is 4.01. The lowest BCUT2D eigenvalue weighted by Crippen LogP contribution is -2.20. The molecule has 23 heavy (non-hydrogen) atoms. The fourth-order valence-electron chi connectivity index (χ4n) is 2.82. The highest BCUT2D eigenvalue weighted by Crippen LogP contribution is 2.26. The number of pyridine rings is 1. The number of hydrogen-bond donors (Lipinski definition) is 2. The van der Waals surface area contributed by atoms with Gasteiger partial charge in [-0.1, -0.05) is 0 Å². The number of H-pyrrole nitrogens is 1. The third-order valence-corrected chi connectivity index (χ3v) is 4.01. The fraction of sp³-hybridized carbons (Fsp3) is 0.438. The zero-order valence-electron chi connectivity index (χ0n) is 13.1. The van der Waals surface area contributed by atoms with Crippen LogP contribution in [0.1, 0.15) is 36.5 Å². The minimum Gasteiger partial charge on any atom is -0.351 e. The van der Waals surface area contributed by atoms with E-state index in [1.54, 1.807) is 12.3 Å². The van der Waals surface area contributed by atoms with Crippen molar-refractivity contribution in [1.29, 1.82) is 0 Å². The van der Waals surface area contributed by atoms with Crippen molar-refractivity contribution in [2.24, 2.45) is 0 Å². The van der Waals surface area contributed by atoms with Crippen LogP contribution in [0, 0.1) is 5.82 Å². The lowest BCUT2D eigenvalue weighted by Gasteiger charge is -2.14. The molecule has 6 nitrogen and oxygen atoms in total. The first-order chi connectivity index (χ1) is 11.1. The van der Waals surface area contributed by atoms with Crippen molar-refractivity contribution >= 4 is 5.91 Å². The maximum Gasteiger partial charge on any atom is 0.217 e. The van der Waals surface area contributed by atoms with Gasteiger partial charge >= 0.3 is 0 Å². The SMILES string of the molecule is CC(=O)NCc1cnc([C@@H]2CCN(Cc3ccc(F)cn3)C2)[nH]1. The fourth-order valence-corrected chi connectivity index (χ4v) is 2.82. The van der Waals surface area contributed by atoms with Gasteiger partial charge in [-0.2, -0.15) is 0 Å². The highest BCUT2D eigenvalue weighted by molar-refractivity contribution is 5.72. The average molecular weight is 317 g/mol. The van der Waals surface area contributed by atoms with Gasteiger partial charge in [0.25, 0.3) is 0 Å². The molecule has 3 heterocycles. The summed E-state index contributed by atoms with van der Waals surface area (Å²) in [6.45, 7) is 4.54. The Bertz CT molecular complexity index is 669. The number of nitrogens with zero attached hydrogens (tertiary/aromatic N) is 3. The number of amides is 1. The molecule has 2 aromatic heterocycles. The Morgan fingerprint density at radius 1 is 1.43 bits per heavy atom. The van der Waals surface area contributed by atoms with Crippen LogP contribution < -0.4 is 5.32 Å². The van der Waals surface area contributed by atoms with E-state index in [4.69, 9.17) is 0 Å². The Kier molecular flexibility index (Phi) is 4.66. The van der Waals surface area contributed by atoms with E-state index in [9.17, 15) is 9.18 Å². The zero-order chi connectivity index (χ0) is 16.2. The van der Waals surface area contributed by atoms with Gasteiger partial charge in [-0.25, -0.2) is 9.37 Å². The van der Waals surface area contributed by atoms with Gasteiger partial charge in [0.1, 0.15) is 11.6 Å². The Morgan fingerprint density at radius 2 is 2.30 bits per heavy atom. The third kappa shape index (κ3) is 4.13. The molecule has 1 saturated heterocycles. The second-order valence-electron chi connectivity index (χ2n) is 5.89. The molecule has 0 aliphatic carbocycles. The Labute approximate surface area is 134 Å². The summed E-state index contributed by atoms with van der Waals surface area (Å²) in [5.41, 5.74) is 1.78. The van der Waals surface area contributed by atoms with E-state index in [1.165, 1.54) is 19.2 Å². The summed E-state index contributed by atoms with van der Waals surface area (Å²) in [5.74, 6) is 0.941. The van der Waals surface area contributed by atoms with Crippen molar-refractivity contribution in [2.45, 2.75) is 32.4 Å². The molecule has 1 atom stereocenters. The van der Waals surface area contributed by atoms with E-state index in [1.807, 2.05) is 0 Å². The number of aromatic amines is 1. The van der Waals surface area contributed by atoms with Crippen molar-refractivity contribution in [1.82, 2.24) is 25.2 Å². The van der Waals surface area contributed by atoms with E-state index < -0.39 is 0 Å². The van der Waals surface area contributed by atoms with Gasteiger partial charge in [0, 0.05) is 25.9 Å². The summed E-state index contributed by atoms with van der Waals surface area (Å²) in [5, 5.41) is 2.75. The van der Waals surface area contributed by atoms with Crippen LogP contribution in [0.2, 0.25) is 0 Å². The van der Waals surface area contributed by atoms with Crippen LogP contribution in [0.3, 0.4) is 0 Å². The summed E-state index contributed by atoms with van der Waals surface area (Å²) in [7, 11) is 0. The number of halogens is 1. The largest absolute Gasteiger partial charge is 0.351 e. The molecule has 1 aliphatic rings. The standard InChI is InChI=1S/C16H20FN5O/c1-11(23)18-7-15-8-20-16(21-15)12-4-5-22(9-12)10-14-3-2-13(17)6-19-14/h2-3,6,8,12H,4-5,7,9-10H2,1H3,(H,18,23)(H,20,21)/t12-/m1/s1. The van der Waals surface area contributed by atoms with Crippen LogP contribution in [-0.2, 0) is 17.9 Å². The molecule has 2 aromatic rings. The number of carbonyl (C=O) groups is 1. The lowest BCUT2D eigenvalue weighted by atomic mass is 10.1. The molecule has 0 saturated carbocycles. The molecule has 0 unspecified atom stereocenters. The van der Waals surface area contributed by atoms with E-state index in [2.05, 4.69) is 25.2 Å². The quantitative estimate of drug-likeness (QED) is 0.878. The number of likely N-dealkylation sites (tertiary alicyclic amines) is 1. The minimum atomic E-state index is -0.310. The summed E-state index contributed by atoms with van der Waals surface area (Å²) in [4.78, 5) is 25.0. The molecule has 3 rings (SSSR count). The topological polar surface area (TPSA) is 73.9 Å². The van der Waals surface area contributed by atoms with Gasteiger partial charge < -0.3 is 10.3 Å². The second kappa shape index (κ2) is 6.87. The highest BCUT2D eigenvalue weighted by atomic mass is 19.1. The molecule has 1 aliphatic heterocycles. The molecule has 122 valence electrons. The van der Waals surface area contributed by atoms with Gasteiger partial charge in [-0.3, -0.25) is 14.7 Å². The van der Waals surface area contributed by atoms with Gasteiger partial charge in [-0.15, -0.1) is 0 Å². The predicted octanol–water partition coefficient (Wildman–Crippen LogP) is 1.57. The van der Waals surface area contributed by atoms with Crippen molar-refractivity contribution in [3.05, 3.63) is 47.6 Å². The first-order valence-electron chi connectivity index (χ1n) is 7.71. The Hall–Kier alpha value is -2.28. The molecular weight excluding hydrogens is 297 g/mol. The van der Waals surface area contributed by atoms with Gasteiger partial charge in [0.15, 0.2) is 0 Å². The van der Waals surface area contributed by atoms with Crippen LogP contribution in [0.15, 0.2) is 24.5 Å². The van der Waals surface area contributed by atoms with Crippen molar-refractivity contribution in [3.8, 4) is 0 Å². The number of nitrogens with one attached hydrogen (secondary N) is 2. The summed E-state index contributed by atoms with van der Waals surface area (Å²) in [6, 6.07) is 3.16. The molecule has 0 aromatic carbocycles. The first kappa shape index (κ1) is 15.6. The van der Waals surface area contributed by atoms with E-state index in [-0.39, 0.29) is 11.7 Å². The molecule has 1 amide bonds. The second-order valence-corrected chi connectivity index (χ2v) is 5.89. The maximum absolute atomic E-state index is 12.9. The van der Waals surface area contributed by atoms with Crippen LogP contribution >= 0.6 is 0 Å². The van der Waals surface area contributed by atoms with E-state index in [0.717, 1.165) is 43.3 Å². The number of hydrogen-bond acceptors (Lipinski definition) is 4. The first-order valence-corrected chi connectivity index (χ1v) is 7.71. The summed E-state index contributed by atoms with van der Waals surface area (Å²) >= 11 is 0. The van der Waals surface area contributed by atoms with Gasteiger partial charge in [-0.05, 0) is 25.1 Å². The molecule has 0 bridgehead atoms. The Balaban J connectivity index is 1.55. The van der Waals surface area contributed by atoms with Gasteiger partial charge in [0.2, 0.25) is 5.91 Å². The molecular formula is C16H20FN5O. The van der Waals surface area contributed by atoms with Crippen LogP contribution in [0.25, 0.3) is 0 Å². The molecule has 0 radical (unpaired) electrons. The number of carbonyl (C=O) groups excluding carboxylic acids is 1. The Morgan fingerprint density at radius 3 is 3.04 bits per heavy atom. The minimum absolute atomic E-state index is 0.0556. The predicted molar refractivity (Wildman–Crippen MR) is 82.9 cm³/mol. The maximum atomic E-state index is 12.9. The molecule has 2 N–H and O–H groups in total. The van der Waals surface area contributed by atoms with E-state index in [0.29, 0.717) is 12.5 Å². The normalized spacial score (nSPS) is 18.3. The highest BCUT2D eigenvalue weighted by Gasteiger charge is 2.26. The molecule has 7 heteroatoms. The number of rotatable bonds is 5. The monoisotopic (exact) mass is 317 g/mol. The van der Waals surface area contributed by atoms with Crippen molar-refractivity contribution in [2.75, 3.05) is 13.1 Å². The smallest absolute Gasteiger partial charge is 0.217 e. The van der Waals surface area contributed by atoms with Crippen LogP contribution in [0.4, 0.5) is 4.39 Å². The lowest BCUT2D eigenvalue weighted by molar-refractivity contribution is -0.119. The molecule has 0 spiro atoms. The summed E-state index contributed by atoms with van der Waals surface area (Å²) in [6.07, 6.45) is 4.05. The van der Waals surface area contributed by atoms with Crippen molar-refractivity contribution < 1.29 is 9.18 Å². The van der Waals surface area contributed by atoms with Crippen LogP contribution in [0.5, 0.6) is 0 Å². The van der Waals surface area contributed by atoms with E-state index >= 15 is 0 Å². The average Bonchev–Trinajstić information content (AvgIpc) is 3.16. The number of imidazole rings is 1. The zero-order valence-corrected chi connectivity index (χ0v) is 13.1. The van der Waals surface area contributed by atoms with Gasteiger partial charge in [0.05, 0.1) is 30.3 Å². The number of aromatic nitrogens is 3.